The van der Waals surface area contributed by atoms with Gasteiger partial charge in [0.25, 0.3) is 0 Å². The Morgan fingerprint density at radius 2 is 1.83 bits per heavy atom. The molecule has 6 nitrogen and oxygen atoms in total. The fourth-order valence-electron chi connectivity index (χ4n) is 0.342. The highest BCUT2D eigenvalue weighted by Gasteiger charge is 2.28. The third-order valence-electron chi connectivity index (χ3n) is 1.02. The van der Waals surface area contributed by atoms with Crippen molar-refractivity contribution in [1.29, 1.82) is 0 Å². The van der Waals surface area contributed by atoms with Crippen LogP contribution < -0.4 is 5.73 Å². The Morgan fingerprint density at radius 3 is 2.08 bits per heavy atom. The minimum atomic E-state index is -3.72. The van der Waals surface area contributed by atoms with Crippen molar-refractivity contribution < 1.29 is 22.9 Å². The van der Waals surface area contributed by atoms with E-state index < -0.39 is 19.8 Å². The number of carbonyl (C=O) groups is 1. The third-order valence-corrected chi connectivity index (χ3v) is 2.32. The number of hydrogen-bond donors (Lipinski definition) is 1. The topological polar surface area (TPSA) is 87.9 Å². The van der Waals surface area contributed by atoms with Crippen molar-refractivity contribution in [1.82, 2.24) is 0 Å². The summed E-state index contributed by atoms with van der Waals surface area (Å²) in [7, 11) is -1.50. The molecule has 1 atom stereocenters. The molecule has 0 radical (unpaired) electrons. The highest BCUT2D eigenvalue weighted by molar-refractivity contribution is 7.49. The highest BCUT2D eigenvalue weighted by atomic mass is 31.2. The van der Waals surface area contributed by atoms with E-state index in [1.165, 1.54) is 6.92 Å². The van der Waals surface area contributed by atoms with Crippen LogP contribution in [-0.4, -0.2) is 26.2 Å². The lowest BCUT2D eigenvalue weighted by molar-refractivity contribution is -0.137. The van der Waals surface area contributed by atoms with E-state index in [0.29, 0.717) is 0 Å². The Labute approximate surface area is 70.6 Å². The van der Waals surface area contributed by atoms with Crippen molar-refractivity contribution in [3.05, 3.63) is 0 Å². The first kappa shape index (κ1) is 11.6. The second-order valence-corrected chi connectivity index (χ2v) is 3.82. The van der Waals surface area contributed by atoms with Crippen LogP contribution in [-0.2, 0) is 22.9 Å². The van der Waals surface area contributed by atoms with Gasteiger partial charge in [0.2, 0.25) is 0 Å². The first-order valence-corrected chi connectivity index (χ1v) is 4.61. The second-order valence-electron chi connectivity index (χ2n) is 2.01. The summed E-state index contributed by atoms with van der Waals surface area (Å²) in [6.07, 6.45) is 0. The van der Waals surface area contributed by atoms with Crippen LogP contribution >= 0.6 is 7.82 Å². The maximum absolute atomic E-state index is 11.1. The molecule has 0 heterocycles. The van der Waals surface area contributed by atoms with E-state index >= 15 is 0 Å². The van der Waals surface area contributed by atoms with Gasteiger partial charge in [0.1, 0.15) is 6.04 Å². The summed E-state index contributed by atoms with van der Waals surface area (Å²) in [6, 6.07) is -0.858. The third kappa shape index (κ3) is 3.32. The number of rotatable bonds is 4. The minimum absolute atomic E-state index is 0.831. The summed E-state index contributed by atoms with van der Waals surface area (Å²) in [4.78, 5) is 10.8. The summed E-state index contributed by atoms with van der Waals surface area (Å²) in [5.41, 5.74) is 5.15. The molecule has 0 fully saturated rings. The SMILES string of the molecule is COP(=O)(OC)OC(=O)[C@H](C)N. The quantitative estimate of drug-likeness (QED) is 0.651. The van der Waals surface area contributed by atoms with Crippen LogP contribution in [0.4, 0.5) is 0 Å². The monoisotopic (exact) mass is 197 g/mol. The molecule has 12 heavy (non-hydrogen) atoms. The fourth-order valence-corrected chi connectivity index (χ4v) is 1.03. The molecule has 0 aromatic heterocycles. The van der Waals surface area contributed by atoms with Gasteiger partial charge >= 0.3 is 13.8 Å². The average molecular weight is 197 g/mol. The van der Waals surface area contributed by atoms with Gasteiger partial charge in [-0.1, -0.05) is 0 Å². The van der Waals surface area contributed by atoms with E-state index in [1.54, 1.807) is 0 Å². The molecule has 0 aliphatic carbocycles. The highest BCUT2D eigenvalue weighted by Crippen LogP contribution is 2.47. The van der Waals surface area contributed by atoms with Gasteiger partial charge in [0.15, 0.2) is 0 Å². The summed E-state index contributed by atoms with van der Waals surface area (Å²) in [5, 5.41) is 0. The Hall–Kier alpha value is -0.420. The number of nitrogens with two attached hydrogens (primary N) is 1. The molecule has 0 aliphatic heterocycles. The number of phosphoric ester groups is 1. The fraction of sp³-hybridized carbons (Fsp3) is 0.800. The second kappa shape index (κ2) is 4.57. The number of hydrogen-bond acceptors (Lipinski definition) is 6. The van der Waals surface area contributed by atoms with Crippen LogP contribution in [0.15, 0.2) is 0 Å². The molecule has 7 heteroatoms. The van der Waals surface area contributed by atoms with Gasteiger partial charge in [0, 0.05) is 14.2 Å². The summed E-state index contributed by atoms with van der Waals surface area (Å²) in [5.74, 6) is -0.831. The lowest BCUT2D eigenvalue weighted by Gasteiger charge is -2.13. The Balaban J connectivity index is 4.23. The molecular weight excluding hydrogens is 185 g/mol. The zero-order valence-corrected chi connectivity index (χ0v) is 8.04. The predicted molar refractivity (Wildman–Crippen MR) is 41.4 cm³/mol. The lowest BCUT2D eigenvalue weighted by atomic mass is 10.4. The maximum atomic E-state index is 11.1. The minimum Gasteiger partial charge on any atom is -0.369 e. The van der Waals surface area contributed by atoms with Gasteiger partial charge in [0.05, 0.1) is 0 Å². The van der Waals surface area contributed by atoms with Gasteiger partial charge in [-0.3, -0.25) is 9.05 Å². The average Bonchev–Trinajstić information content (AvgIpc) is 2.04. The molecule has 0 spiro atoms. The molecular formula is C5H12NO5P. The van der Waals surface area contributed by atoms with E-state index in [9.17, 15) is 9.36 Å². The van der Waals surface area contributed by atoms with Crippen LogP contribution in [0.25, 0.3) is 0 Å². The van der Waals surface area contributed by atoms with Gasteiger partial charge in [-0.05, 0) is 6.92 Å². The van der Waals surface area contributed by atoms with Crippen LogP contribution in [0.3, 0.4) is 0 Å². The van der Waals surface area contributed by atoms with Crippen molar-refractivity contribution >= 4 is 13.8 Å². The first-order chi connectivity index (χ1) is 5.45. The summed E-state index contributed by atoms with van der Waals surface area (Å²) in [6.45, 7) is 1.40. The van der Waals surface area contributed by atoms with Crippen molar-refractivity contribution in [2.24, 2.45) is 5.73 Å². The molecule has 0 amide bonds. The maximum Gasteiger partial charge on any atom is 0.531 e. The van der Waals surface area contributed by atoms with Crippen LogP contribution in [0.1, 0.15) is 6.92 Å². The van der Waals surface area contributed by atoms with Gasteiger partial charge < -0.3 is 10.3 Å². The largest absolute Gasteiger partial charge is 0.531 e. The van der Waals surface area contributed by atoms with Gasteiger partial charge in [-0.15, -0.1) is 0 Å². The Morgan fingerprint density at radius 1 is 1.42 bits per heavy atom. The molecule has 0 saturated heterocycles. The number of carbonyl (C=O) groups excluding carboxylic acids is 1. The Bertz CT molecular complexity index is 196. The van der Waals surface area contributed by atoms with Gasteiger partial charge in [-0.2, -0.15) is 0 Å². The molecule has 0 rings (SSSR count). The molecule has 2 N–H and O–H groups in total. The normalized spacial score (nSPS) is 14.0. The number of phosphoric acid groups is 1. The zero-order chi connectivity index (χ0) is 9.78. The van der Waals surface area contributed by atoms with Crippen molar-refractivity contribution in [3.8, 4) is 0 Å². The molecule has 0 aromatic rings. The molecule has 0 bridgehead atoms. The predicted octanol–water partition coefficient (Wildman–Crippen LogP) is 0.278. The van der Waals surface area contributed by atoms with Gasteiger partial charge in [-0.25, -0.2) is 9.36 Å². The van der Waals surface area contributed by atoms with Crippen molar-refractivity contribution in [3.63, 3.8) is 0 Å². The molecule has 0 unspecified atom stereocenters. The Kier molecular flexibility index (Phi) is 4.41. The summed E-state index contributed by atoms with van der Waals surface area (Å²) < 4.78 is 24.2. The standard InChI is InChI=1S/C5H12NO5P/c1-4(6)5(7)11-12(8,9-2)10-3/h4H,6H2,1-3H3/t4-/m0/s1. The van der Waals surface area contributed by atoms with Crippen LogP contribution in [0.2, 0.25) is 0 Å². The molecule has 0 saturated carbocycles. The lowest BCUT2D eigenvalue weighted by Crippen LogP contribution is -2.28. The van der Waals surface area contributed by atoms with Crippen LogP contribution in [0.5, 0.6) is 0 Å². The van der Waals surface area contributed by atoms with Crippen molar-refractivity contribution in [2.75, 3.05) is 14.2 Å². The zero-order valence-electron chi connectivity index (χ0n) is 7.14. The van der Waals surface area contributed by atoms with E-state index in [0.717, 1.165) is 14.2 Å². The molecule has 72 valence electrons. The smallest absolute Gasteiger partial charge is 0.369 e. The van der Waals surface area contributed by atoms with E-state index in [2.05, 4.69) is 13.6 Å². The van der Waals surface area contributed by atoms with E-state index in [4.69, 9.17) is 5.73 Å². The first-order valence-electron chi connectivity index (χ1n) is 3.15. The van der Waals surface area contributed by atoms with E-state index in [-0.39, 0.29) is 0 Å². The summed E-state index contributed by atoms with van der Waals surface area (Å²) >= 11 is 0. The van der Waals surface area contributed by atoms with Crippen LogP contribution in [0, 0.1) is 0 Å². The molecule has 0 aliphatic rings. The van der Waals surface area contributed by atoms with Crippen molar-refractivity contribution in [2.45, 2.75) is 13.0 Å². The molecule has 0 aromatic carbocycles. The van der Waals surface area contributed by atoms with E-state index in [1.807, 2.05) is 0 Å².